The summed E-state index contributed by atoms with van der Waals surface area (Å²) in [6.07, 6.45) is 1.38. The van der Waals surface area contributed by atoms with E-state index in [1.807, 2.05) is 0 Å². The maximum Gasteiger partial charge on any atom is 0.314 e. The molecule has 2 aromatic rings. The second kappa shape index (κ2) is 3.81. The number of pyridine rings is 1. The molecule has 0 amide bonds. The molecule has 0 saturated heterocycles. The number of hydrogen-bond acceptors (Lipinski definition) is 3. The Balaban J connectivity index is 0.000000980. The van der Waals surface area contributed by atoms with Crippen LogP contribution in [0.5, 0.6) is 0 Å². The lowest BCUT2D eigenvalue weighted by molar-refractivity contribution is 1.13. The molecule has 0 bridgehead atoms. The number of hydrogen-bond donors (Lipinski definition) is 2. The SMILES string of the molecule is Cl.O=c1[nH]c2cnc(Cl)cc2[nH]c1=O. The van der Waals surface area contributed by atoms with E-state index in [2.05, 4.69) is 15.0 Å². The van der Waals surface area contributed by atoms with Gasteiger partial charge in [-0.3, -0.25) is 9.59 Å². The van der Waals surface area contributed by atoms with E-state index in [1.165, 1.54) is 12.3 Å². The standard InChI is InChI=1S/C7H4ClN3O2.ClH/c8-5-1-3-4(2-9-5)11-7(13)6(12)10-3;/h1-2H,(H,10,12)(H,11,13);1H. The van der Waals surface area contributed by atoms with Crippen molar-refractivity contribution in [3.05, 3.63) is 38.1 Å². The third kappa shape index (κ3) is 1.78. The fraction of sp³-hybridized carbons (Fsp3) is 0. The second-order valence-electron chi connectivity index (χ2n) is 2.46. The van der Waals surface area contributed by atoms with Gasteiger partial charge in [-0.25, -0.2) is 4.98 Å². The number of halogens is 2. The number of aromatic nitrogens is 3. The van der Waals surface area contributed by atoms with Crippen molar-refractivity contribution in [1.82, 2.24) is 15.0 Å². The quantitative estimate of drug-likeness (QED) is 0.519. The molecule has 5 nitrogen and oxygen atoms in total. The fourth-order valence-corrected chi connectivity index (χ4v) is 1.15. The smallest absolute Gasteiger partial charge is 0.314 e. The minimum atomic E-state index is -0.699. The summed E-state index contributed by atoms with van der Waals surface area (Å²) in [6, 6.07) is 1.47. The molecule has 2 rings (SSSR count). The van der Waals surface area contributed by atoms with E-state index in [0.29, 0.717) is 11.0 Å². The molecular formula is C7H5Cl2N3O2. The molecule has 2 N–H and O–H groups in total. The van der Waals surface area contributed by atoms with Crippen molar-refractivity contribution < 1.29 is 0 Å². The molecule has 7 heteroatoms. The van der Waals surface area contributed by atoms with E-state index in [0.717, 1.165) is 0 Å². The number of H-pyrrole nitrogens is 2. The molecule has 2 aromatic heterocycles. The Labute approximate surface area is 88.6 Å². The molecule has 0 atom stereocenters. The lowest BCUT2D eigenvalue weighted by Crippen LogP contribution is -2.28. The Kier molecular flexibility index (Phi) is 2.93. The highest BCUT2D eigenvalue weighted by atomic mass is 35.5. The van der Waals surface area contributed by atoms with E-state index in [4.69, 9.17) is 11.6 Å². The Hall–Kier alpha value is -1.33. The summed E-state index contributed by atoms with van der Waals surface area (Å²) >= 11 is 5.59. The van der Waals surface area contributed by atoms with E-state index >= 15 is 0 Å². The first-order valence-electron chi connectivity index (χ1n) is 3.45. The topological polar surface area (TPSA) is 78.6 Å². The zero-order chi connectivity index (χ0) is 9.42. The summed E-state index contributed by atoms with van der Waals surface area (Å²) in [4.78, 5) is 30.2. The largest absolute Gasteiger partial charge is 0.316 e. The molecule has 74 valence electrons. The van der Waals surface area contributed by atoms with Crippen LogP contribution in [0.15, 0.2) is 21.9 Å². The van der Waals surface area contributed by atoms with Gasteiger partial charge in [-0.15, -0.1) is 12.4 Å². The number of fused-ring (bicyclic) bond motifs is 1. The molecule has 2 heterocycles. The van der Waals surface area contributed by atoms with Crippen LogP contribution < -0.4 is 11.1 Å². The van der Waals surface area contributed by atoms with Crippen LogP contribution >= 0.6 is 24.0 Å². The van der Waals surface area contributed by atoms with Crippen molar-refractivity contribution in [2.24, 2.45) is 0 Å². The van der Waals surface area contributed by atoms with E-state index in [9.17, 15) is 9.59 Å². The average Bonchev–Trinajstić information content (AvgIpc) is 2.08. The Morgan fingerprint density at radius 1 is 1.14 bits per heavy atom. The number of rotatable bonds is 0. The second-order valence-corrected chi connectivity index (χ2v) is 2.85. The summed E-state index contributed by atoms with van der Waals surface area (Å²) in [5.74, 6) is 0. The van der Waals surface area contributed by atoms with Crippen molar-refractivity contribution in [3.63, 3.8) is 0 Å². The van der Waals surface area contributed by atoms with Crippen LogP contribution in [0.25, 0.3) is 11.0 Å². The molecule has 0 aromatic carbocycles. The van der Waals surface area contributed by atoms with Crippen molar-refractivity contribution in [3.8, 4) is 0 Å². The summed E-state index contributed by atoms with van der Waals surface area (Å²) in [6.45, 7) is 0. The van der Waals surface area contributed by atoms with Crippen LogP contribution in [0.1, 0.15) is 0 Å². The molecule has 0 radical (unpaired) electrons. The van der Waals surface area contributed by atoms with Gasteiger partial charge >= 0.3 is 11.1 Å². The van der Waals surface area contributed by atoms with Crippen LogP contribution in [0.2, 0.25) is 5.15 Å². The maximum atomic E-state index is 10.9. The third-order valence-electron chi connectivity index (χ3n) is 1.57. The van der Waals surface area contributed by atoms with Gasteiger partial charge in [0.05, 0.1) is 17.2 Å². The Morgan fingerprint density at radius 3 is 2.36 bits per heavy atom. The Morgan fingerprint density at radius 2 is 1.71 bits per heavy atom. The number of nitrogens with one attached hydrogen (secondary N) is 2. The zero-order valence-corrected chi connectivity index (χ0v) is 8.28. The van der Waals surface area contributed by atoms with Gasteiger partial charge in [0, 0.05) is 6.07 Å². The van der Waals surface area contributed by atoms with Gasteiger partial charge in [-0.05, 0) is 0 Å². The summed E-state index contributed by atoms with van der Waals surface area (Å²) in [5.41, 5.74) is -0.481. The predicted octanol–water partition coefficient (Wildman–Crippen LogP) is 0.687. The van der Waals surface area contributed by atoms with Crippen LogP contribution in [-0.2, 0) is 0 Å². The molecule has 0 spiro atoms. The van der Waals surface area contributed by atoms with Crippen molar-refractivity contribution in [2.75, 3.05) is 0 Å². The molecule has 0 aliphatic carbocycles. The van der Waals surface area contributed by atoms with Crippen molar-refractivity contribution in [1.29, 1.82) is 0 Å². The normalized spacial score (nSPS) is 9.79. The maximum absolute atomic E-state index is 10.9. The van der Waals surface area contributed by atoms with E-state index in [1.54, 1.807) is 0 Å². The third-order valence-corrected chi connectivity index (χ3v) is 1.78. The van der Waals surface area contributed by atoms with Crippen molar-refractivity contribution >= 4 is 35.0 Å². The first-order valence-corrected chi connectivity index (χ1v) is 3.82. The first kappa shape index (κ1) is 10.7. The van der Waals surface area contributed by atoms with Crippen molar-refractivity contribution in [2.45, 2.75) is 0 Å². The number of aromatic amines is 2. The molecule has 0 aliphatic rings. The van der Waals surface area contributed by atoms with Gasteiger partial charge in [-0.2, -0.15) is 0 Å². The van der Waals surface area contributed by atoms with Crippen LogP contribution in [0.4, 0.5) is 0 Å². The minimum Gasteiger partial charge on any atom is -0.316 e. The van der Waals surface area contributed by atoms with Gasteiger partial charge in [-0.1, -0.05) is 11.6 Å². The monoisotopic (exact) mass is 233 g/mol. The van der Waals surface area contributed by atoms with Gasteiger partial charge in [0.1, 0.15) is 5.15 Å². The fourth-order valence-electron chi connectivity index (χ4n) is 0.991. The highest BCUT2D eigenvalue weighted by Crippen LogP contribution is 2.09. The molecule has 0 aliphatic heterocycles. The first-order chi connectivity index (χ1) is 6.16. The lowest BCUT2D eigenvalue weighted by Gasteiger charge is -1.95. The average molecular weight is 234 g/mol. The van der Waals surface area contributed by atoms with E-state index < -0.39 is 11.1 Å². The molecule has 0 fully saturated rings. The summed E-state index contributed by atoms with van der Waals surface area (Å²) in [7, 11) is 0. The molecule has 0 saturated carbocycles. The minimum absolute atomic E-state index is 0. The number of nitrogens with zero attached hydrogens (tertiary/aromatic N) is 1. The van der Waals surface area contributed by atoms with E-state index in [-0.39, 0.29) is 17.6 Å². The highest BCUT2D eigenvalue weighted by molar-refractivity contribution is 6.29. The van der Waals surface area contributed by atoms with Gasteiger partial charge in [0.15, 0.2) is 0 Å². The predicted molar refractivity (Wildman–Crippen MR) is 55.2 cm³/mol. The van der Waals surface area contributed by atoms with Gasteiger partial charge < -0.3 is 9.97 Å². The van der Waals surface area contributed by atoms with Crippen LogP contribution in [0.3, 0.4) is 0 Å². The van der Waals surface area contributed by atoms with Gasteiger partial charge in [0.2, 0.25) is 0 Å². The van der Waals surface area contributed by atoms with Gasteiger partial charge in [0.25, 0.3) is 0 Å². The molecule has 14 heavy (non-hydrogen) atoms. The zero-order valence-electron chi connectivity index (χ0n) is 6.70. The molecule has 0 unspecified atom stereocenters. The summed E-state index contributed by atoms with van der Waals surface area (Å²) in [5, 5.41) is 0.259. The molecular weight excluding hydrogens is 229 g/mol. The lowest BCUT2D eigenvalue weighted by atomic mass is 10.4. The Bertz CT molecular complexity index is 575. The van der Waals surface area contributed by atoms with Crippen LogP contribution in [0, 0.1) is 0 Å². The van der Waals surface area contributed by atoms with Crippen LogP contribution in [-0.4, -0.2) is 15.0 Å². The highest BCUT2D eigenvalue weighted by Gasteiger charge is 1.99. The summed E-state index contributed by atoms with van der Waals surface area (Å²) < 4.78 is 0.